The number of carbonyl (C=O) groups excluding carboxylic acids is 2. The van der Waals surface area contributed by atoms with Crippen molar-refractivity contribution in [2.24, 2.45) is 0 Å². The highest BCUT2D eigenvalue weighted by Gasteiger charge is 2.31. The van der Waals surface area contributed by atoms with Gasteiger partial charge >= 0.3 is 6.09 Å². The first-order valence-electron chi connectivity index (χ1n) is 8.06. The van der Waals surface area contributed by atoms with Crippen molar-refractivity contribution in [1.29, 1.82) is 0 Å². The number of carbonyl (C=O) groups is 2. The molecule has 0 radical (unpaired) electrons. The first kappa shape index (κ1) is 17.8. The van der Waals surface area contributed by atoms with E-state index in [0.717, 1.165) is 37.5 Å². The molecule has 0 saturated carbocycles. The molecule has 126 valence electrons. The number of likely N-dealkylation sites (tertiary alicyclic amines) is 1. The third-order valence-corrected chi connectivity index (χ3v) is 4.15. The van der Waals surface area contributed by atoms with Gasteiger partial charge in [-0.1, -0.05) is 24.4 Å². The molecule has 23 heavy (non-hydrogen) atoms. The molecular weight excluding hydrogens is 314 g/mol. The summed E-state index contributed by atoms with van der Waals surface area (Å²) in [6, 6.07) is 5.02. The molecule has 1 aliphatic rings. The molecule has 1 fully saturated rings. The molecule has 0 spiro atoms. The van der Waals surface area contributed by atoms with Gasteiger partial charge in [-0.15, -0.1) is 0 Å². The number of hydrogen-bond donors (Lipinski definition) is 0. The Balaban J connectivity index is 2.37. The van der Waals surface area contributed by atoms with Crippen molar-refractivity contribution in [3.8, 4) is 0 Å². The Bertz CT molecular complexity index is 580. The monoisotopic (exact) mass is 337 g/mol. The average molecular weight is 338 g/mol. The zero-order chi connectivity index (χ0) is 17.0. The quantitative estimate of drug-likeness (QED) is 0.713. The average Bonchev–Trinajstić information content (AvgIpc) is 2.71. The van der Waals surface area contributed by atoms with Gasteiger partial charge in [0.15, 0.2) is 0 Å². The molecule has 0 bridgehead atoms. The summed E-state index contributed by atoms with van der Waals surface area (Å²) in [7, 11) is 0. The van der Waals surface area contributed by atoms with Crippen molar-refractivity contribution < 1.29 is 14.3 Å². The molecule has 1 aromatic rings. The normalized spacial score (nSPS) is 19.1. The van der Waals surface area contributed by atoms with E-state index in [0.29, 0.717) is 17.1 Å². The van der Waals surface area contributed by atoms with Crippen LogP contribution >= 0.6 is 11.6 Å². The lowest BCUT2D eigenvalue weighted by Gasteiger charge is -2.33. The maximum absolute atomic E-state index is 12.6. The van der Waals surface area contributed by atoms with Crippen LogP contribution in [0, 0.1) is 0 Å². The largest absolute Gasteiger partial charge is 0.444 e. The number of aldehydes is 1. The summed E-state index contributed by atoms with van der Waals surface area (Å²) in [4.78, 5) is 25.8. The number of hydrogen-bond acceptors (Lipinski definition) is 3. The molecule has 2 rings (SSSR count). The second kappa shape index (κ2) is 7.35. The predicted octanol–water partition coefficient (Wildman–Crippen LogP) is 5.00. The van der Waals surface area contributed by atoms with Gasteiger partial charge in [0.05, 0.1) is 6.04 Å². The highest BCUT2D eigenvalue weighted by Crippen LogP contribution is 2.34. The molecule has 1 atom stereocenters. The summed E-state index contributed by atoms with van der Waals surface area (Å²) in [5.74, 6) is 0. The smallest absolute Gasteiger partial charge is 0.410 e. The number of rotatable bonds is 2. The number of halogens is 1. The third kappa shape index (κ3) is 4.71. The summed E-state index contributed by atoms with van der Waals surface area (Å²) in [5, 5.41) is 0.569. The zero-order valence-electron chi connectivity index (χ0n) is 14.0. The van der Waals surface area contributed by atoms with Gasteiger partial charge in [0.2, 0.25) is 0 Å². The fourth-order valence-electron chi connectivity index (χ4n) is 2.91. The van der Waals surface area contributed by atoms with Crippen LogP contribution in [0.5, 0.6) is 0 Å². The van der Waals surface area contributed by atoms with E-state index < -0.39 is 5.60 Å². The van der Waals surface area contributed by atoms with Crippen LogP contribution in [0.2, 0.25) is 5.02 Å². The minimum Gasteiger partial charge on any atom is -0.444 e. The molecule has 1 aromatic carbocycles. The molecular formula is C18H24ClNO3. The van der Waals surface area contributed by atoms with Gasteiger partial charge in [0, 0.05) is 17.1 Å². The number of amides is 1. The molecule has 0 aliphatic carbocycles. The number of ether oxygens (including phenoxy) is 1. The fraction of sp³-hybridized carbons (Fsp3) is 0.556. The van der Waals surface area contributed by atoms with E-state index in [1.807, 2.05) is 20.8 Å². The molecule has 0 aromatic heterocycles. The minimum atomic E-state index is -0.546. The van der Waals surface area contributed by atoms with Gasteiger partial charge in [-0.05, 0) is 57.4 Å². The van der Waals surface area contributed by atoms with Crippen molar-refractivity contribution in [2.75, 3.05) is 6.54 Å². The maximum atomic E-state index is 12.6. The molecule has 1 aliphatic heterocycles. The van der Waals surface area contributed by atoms with Crippen LogP contribution in [0.25, 0.3) is 0 Å². The fourth-order valence-corrected chi connectivity index (χ4v) is 3.09. The van der Waals surface area contributed by atoms with Gasteiger partial charge in [0.1, 0.15) is 11.9 Å². The lowest BCUT2D eigenvalue weighted by molar-refractivity contribution is 0.0162. The van der Waals surface area contributed by atoms with Crippen LogP contribution in [0.15, 0.2) is 18.2 Å². The Morgan fingerprint density at radius 3 is 2.70 bits per heavy atom. The van der Waals surface area contributed by atoms with Crippen molar-refractivity contribution >= 4 is 24.0 Å². The SMILES string of the molecule is CC(C)(C)OC(=O)N1CCCCC[C@@H]1c1cc(Cl)ccc1C=O. The predicted molar refractivity (Wildman–Crippen MR) is 91.0 cm³/mol. The van der Waals surface area contributed by atoms with E-state index in [1.165, 1.54) is 0 Å². The second-order valence-electron chi connectivity index (χ2n) is 6.93. The van der Waals surface area contributed by atoms with Crippen LogP contribution in [-0.2, 0) is 4.74 Å². The van der Waals surface area contributed by atoms with Gasteiger partial charge in [-0.2, -0.15) is 0 Å². The van der Waals surface area contributed by atoms with E-state index in [4.69, 9.17) is 16.3 Å². The zero-order valence-corrected chi connectivity index (χ0v) is 14.7. The van der Waals surface area contributed by atoms with E-state index in [1.54, 1.807) is 23.1 Å². The maximum Gasteiger partial charge on any atom is 0.410 e. The molecule has 0 N–H and O–H groups in total. The molecule has 0 unspecified atom stereocenters. The number of nitrogens with zero attached hydrogens (tertiary/aromatic N) is 1. The first-order chi connectivity index (χ1) is 10.8. The lowest BCUT2D eigenvalue weighted by Crippen LogP contribution is -2.39. The Hall–Kier alpha value is -1.55. The minimum absolute atomic E-state index is 0.175. The van der Waals surface area contributed by atoms with E-state index in [-0.39, 0.29) is 12.1 Å². The van der Waals surface area contributed by atoms with Crippen molar-refractivity contribution in [1.82, 2.24) is 4.90 Å². The Morgan fingerprint density at radius 2 is 2.04 bits per heavy atom. The van der Waals surface area contributed by atoms with Crippen molar-refractivity contribution in [2.45, 2.75) is 58.1 Å². The molecule has 4 nitrogen and oxygen atoms in total. The molecule has 5 heteroatoms. The summed E-state index contributed by atoms with van der Waals surface area (Å²) in [6.07, 6.45) is 4.31. The number of benzene rings is 1. The van der Waals surface area contributed by atoms with Crippen LogP contribution in [0.3, 0.4) is 0 Å². The Kier molecular flexibility index (Phi) is 5.69. The van der Waals surface area contributed by atoms with Crippen LogP contribution in [-0.4, -0.2) is 29.4 Å². The third-order valence-electron chi connectivity index (χ3n) is 3.92. The highest BCUT2D eigenvalue weighted by molar-refractivity contribution is 6.30. The van der Waals surface area contributed by atoms with Gasteiger partial charge in [0.25, 0.3) is 0 Å². The van der Waals surface area contributed by atoms with Gasteiger partial charge in [-0.3, -0.25) is 4.79 Å². The summed E-state index contributed by atoms with van der Waals surface area (Å²) in [5.41, 5.74) is 0.838. The van der Waals surface area contributed by atoms with Crippen molar-refractivity contribution in [3.05, 3.63) is 34.3 Å². The standard InChI is InChI=1S/C18H24ClNO3/c1-18(2,3)23-17(22)20-10-6-4-5-7-16(20)15-11-14(19)9-8-13(15)12-21/h8-9,11-12,16H,4-7,10H2,1-3H3/t16-/m1/s1. The Labute approximate surface area is 142 Å². The van der Waals surface area contributed by atoms with Crippen LogP contribution in [0.1, 0.15) is 68.4 Å². The molecule has 1 heterocycles. The summed E-state index contributed by atoms with van der Waals surface area (Å²) >= 11 is 6.12. The van der Waals surface area contributed by atoms with E-state index in [2.05, 4.69) is 0 Å². The summed E-state index contributed by atoms with van der Waals surface area (Å²) < 4.78 is 5.55. The molecule has 1 saturated heterocycles. The van der Waals surface area contributed by atoms with Gasteiger partial charge in [-0.25, -0.2) is 4.79 Å². The van der Waals surface area contributed by atoms with Crippen LogP contribution < -0.4 is 0 Å². The van der Waals surface area contributed by atoms with Crippen molar-refractivity contribution in [3.63, 3.8) is 0 Å². The molecule has 1 amide bonds. The second-order valence-corrected chi connectivity index (χ2v) is 7.37. The topological polar surface area (TPSA) is 46.6 Å². The van der Waals surface area contributed by atoms with Gasteiger partial charge < -0.3 is 9.64 Å². The highest BCUT2D eigenvalue weighted by atomic mass is 35.5. The first-order valence-corrected chi connectivity index (χ1v) is 8.44. The van der Waals surface area contributed by atoms with E-state index in [9.17, 15) is 9.59 Å². The Morgan fingerprint density at radius 1 is 1.30 bits per heavy atom. The lowest BCUT2D eigenvalue weighted by atomic mass is 9.96. The van der Waals surface area contributed by atoms with E-state index >= 15 is 0 Å². The summed E-state index contributed by atoms with van der Waals surface area (Å²) in [6.45, 7) is 6.19. The van der Waals surface area contributed by atoms with Crippen LogP contribution in [0.4, 0.5) is 4.79 Å².